The molecule has 1 amide bonds. The van der Waals surface area contributed by atoms with Crippen LogP contribution >= 0.6 is 27.5 Å². The summed E-state index contributed by atoms with van der Waals surface area (Å²) in [7, 11) is 1.53. The maximum atomic E-state index is 14.2. The van der Waals surface area contributed by atoms with Gasteiger partial charge in [-0.2, -0.15) is 0 Å². The lowest BCUT2D eigenvalue weighted by Crippen LogP contribution is -2.47. The van der Waals surface area contributed by atoms with Gasteiger partial charge in [0.05, 0.1) is 18.2 Å². The van der Waals surface area contributed by atoms with E-state index in [9.17, 15) is 9.18 Å². The third-order valence-electron chi connectivity index (χ3n) is 4.86. The Morgan fingerprint density at radius 2 is 2.10 bits per heavy atom. The molecule has 1 aliphatic rings. The molecule has 2 atom stereocenters. The maximum absolute atomic E-state index is 14.2. The Hall–Kier alpha value is -1.83. The first-order valence-electron chi connectivity index (χ1n) is 9.30. The van der Waals surface area contributed by atoms with Crippen LogP contribution in [0.25, 0.3) is 0 Å². The summed E-state index contributed by atoms with van der Waals surface area (Å²) in [6, 6.07) is 10.6. The van der Waals surface area contributed by atoms with Crippen LogP contribution in [0.4, 0.5) is 9.18 Å². The molecule has 0 fully saturated rings. The fourth-order valence-corrected chi connectivity index (χ4v) is 4.18. The van der Waals surface area contributed by atoms with Crippen LogP contribution in [-0.4, -0.2) is 26.4 Å². The third-order valence-corrected chi connectivity index (χ3v) is 6.29. The van der Waals surface area contributed by atoms with Crippen LogP contribution in [0.1, 0.15) is 37.0 Å². The fraction of sp³-hybridized carbons (Fsp3) is 0.381. The number of rotatable bonds is 7. The van der Waals surface area contributed by atoms with Crippen LogP contribution in [0, 0.1) is 5.82 Å². The molecule has 5 nitrogen and oxygen atoms in total. The molecule has 0 aliphatic carbocycles. The van der Waals surface area contributed by atoms with E-state index in [-0.39, 0.29) is 11.6 Å². The van der Waals surface area contributed by atoms with Gasteiger partial charge in [0.1, 0.15) is 17.7 Å². The second-order valence-electron chi connectivity index (χ2n) is 6.71. The van der Waals surface area contributed by atoms with Crippen molar-refractivity contribution in [3.63, 3.8) is 0 Å². The first kappa shape index (κ1) is 21.9. The van der Waals surface area contributed by atoms with Crippen molar-refractivity contribution in [1.82, 2.24) is 5.32 Å². The molecule has 29 heavy (non-hydrogen) atoms. The minimum absolute atomic E-state index is 0.0507. The molecule has 0 spiro atoms. The highest BCUT2D eigenvalue weighted by Gasteiger charge is 2.52. The lowest BCUT2D eigenvalue weighted by molar-refractivity contribution is -0.0553. The Kier molecular flexibility index (Phi) is 7.03. The highest BCUT2D eigenvalue weighted by Crippen LogP contribution is 2.54. The molecular weight excluding hydrogens is 465 g/mol. The van der Waals surface area contributed by atoms with E-state index >= 15 is 0 Å². The van der Waals surface area contributed by atoms with Gasteiger partial charge in [-0.3, -0.25) is 0 Å². The summed E-state index contributed by atoms with van der Waals surface area (Å²) in [5.41, 5.74) is 0.228. The van der Waals surface area contributed by atoms with Crippen molar-refractivity contribution in [2.24, 2.45) is 0 Å². The number of fused-ring (bicyclic) bond motifs is 1. The molecule has 0 saturated carbocycles. The summed E-state index contributed by atoms with van der Waals surface area (Å²) in [6.07, 6.45) is 0.505. The average Bonchev–Trinajstić information content (AvgIpc) is 3.05. The Bertz CT molecular complexity index is 883. The molecule has 1 aliphatic heterocycles. The molecule has 0 radical (unpaired) electrons. The number of hydrogen-bond donors (Lipinski definition) is 1. The lowest BCUT2D eigenvalue weighted by Gasteiger charge is -2.34. The van der Waals surface area contributed by atoms with Gasteiger partial charge in [0, 0.05) is 28.8 Å². The second-order valence-corrected chi connectivity index (χ2v) is 7.89. The quantitative estimate of drug-likeness (QED) is 0.400. The van der Waals surface area contributed by atoms with Crippen LogP contribution in [0.5, 0.6) is 5.75 Å². The Balaban J connectivity index is 1.98. The summed E-state index contributed by atoms with van der Waals surface area (Å²) in [6.45, 7) is 2.41. The molecule has 0 unspecified atom stereocenters. The number of halogens is 3. The molecule has 0 saturated heterocycles. The van der Waals surface area contributed by atoms with Crippen LogP contribution in [0.3, 0.4) is 0 Å². The predicted octanol–water partition coefficient (Wildman–Crippen LogP) is 5.74. The number of carbonyl (C=O) groups is 1. The van der Waals surface area contributed by atoms with Crippen LogP contribution < -0.4 is 10.1 Å². The standard InChI is InChI=1S/C21H22BrClFNO4/c1-3-4-10-28-20(26)25-12-21(13-8-6-5-7-9-13)19(27-2)16-15(29-21)11-14(24)18(23)17(16)22/h5-9,11,19H,3-4,10,12H2,1-2H3,(H,25,26)/t19-,21+/m0/s1. The Labute approximate surface area is 182 Å². The minimum Gasteiger partial charge on any atom is -0.477 e. The zero-order valence-corrected chi connectivity index (χ0v) is 18.5. The van der Waals surface area contributed by atoms with Crippen molar-refractivity contribution in [1.29, 1.82) is 0 Å². The molecule has 0 aromatic heterocycles. The number of amides is 1. The maximum Gasteiger partial charge on any atom is 0.407 e. The van der Waals surface area contributed by atoms with Gasteiger partial charge < -0.3 is 19.5 Å². The normalized spacial score (nSPS) is 20.1. The summed E-state index contributed by atoms with van der Waals surface area (Å²) in [5, 5.41) is 2.71. The minimum atomic E-state index is -1.12. The number of benzene rings is 2. The van der Waals surface area contributed by atoms with Gasteiger partial charge in [0.2, 0.25) is 0 Å². The van der Waals surface area contributed by atoms with Crippen molar-refractivity contribution >= 4 is 33.6 Å². The molecule has 156 valence electrons. The molecule has 3 rings (SSSR count). The SMILES string of the molecule is CCCCOC(=O)NC[C@]1(c2ccccc2)Oc2cc(F)c(Cl)c(Br)c2[C@@H]1OC. The van der Waals surface area contributed by atoms with E-state index in [1.807, 2.05) is 37.3 Å². The van der Waals surface area contributed by atoms with Crippen LogP contribution in [0.15, 0.2) is 40.9 Å². The van der Waals surface area contributed by atoms with E-state index in [1.165, 1.54) is 13.2 Å². The summed E-state index contributed by atoms with van der Waals surface area (Å²) in [4.78, 5) is 12.2. The Morgan fingerprint density at radius 3 is 2.76 bits per heavy atom. The number of nitrogens with one attached hydrogen (secondary N) is 1. The number of hydrogen-bond acceptors (Lipinski definition) is 4. The number of ether oxygens (including phenoxy) is 3. The molecule has 1 N–H and O–H groups in total. The monoisotopic (exact) mass is 485 g/mol. The van der Waals surface area contributed by atoms with Crippen molar-refractivity contribution in [3.05, 3.63) is 62.8 Å². The first-order chi connectivity index (χ1) is 13.9. The van der Waals surface area contributed by atoms with Gasteiger partial charge >= 0.3 is 6.09 Å². The van der Waals surface area contributed by atoms with E-state index in [2.05, 4.69) is 21.2 Å². The molecule has 8 heteroatoms. The number of carbonyl (C=O) groups excluding carboxylic acids is 1. The van der Waals surface area contributed by atoms with E-state index in [1.54, 1.807) is 0 Å². The number of methoxy groups -OCH3 is 1. The van der Waals surface area contributed by atoms with Gasteiger partial charge in [-0.1, -0.05) is 55.3 Å². The zero-order valence-electron chi connectivity index (χ0n) is 16.1. The predicted molar refractivity (Wildman–Crippen MR) is 112 cm³/mol. The van der Waals surface area contributed by atoms with Gasteiger partial charge in [0.25, 0.3) is 0 Å². The van der Waals surface area contributed by atoms with Crippen molar-refractivity contribution in [2.75, 3.05) is 20.3 Å². The molecular formula is C21H22BrClFNO4. The van der Waals surface area contributed by atoms with Gasteiger partial charge in [-0.05, 0) is 22.4 Å². The average molecular weight is 487 g/mol. The van der Waals surface area contributed by atoms with Crippen molar-refractivity contribution in [2.45, 2.75) is 31.5 Å². The Morgan fingerprint density at radius 1 is 1.38 bits per heavy atom. The number of alkyl carbamates (subject to hydrolysis) is 1. The summed E-state index contributed by atoms with van der Waals surface area (Å²) < 4.78 is 31.8. The van der Waals surface area contributed by atoms with E-state index < -0.39 is 23.6 Å². The largest absolute Gasteiger partial charge is 0.477 e. The molecule has 2 aromatic carbocycles. The molecule has 1 heterocycles. The topological polar surface area (TPSA) is 56.8 Å². The van der Waals surface area contributed by atoms with E-state index in [4.69, 9.17) is 25.8 Å². The van der Waals surface area contributed by atoms with Crippen LogP contribution in [-0.2, 0) is 15.1 Å². The first-order valence-corrected chi connectivity index (χ1v) is 10.5. The van der Waals surface area contributed by atoms with Gasteiger partial charge in [-0.15, -0.1) is 0 Å². The highest BCUT2D eigenvalue weighted by molar-refractivity contribution is 9.10. The van der Waals surface area contributed by atoms with E-state index in [0.29, 0.717) is 22.4 Å². The summed E-state index contributed by atoms with van der Waals surface area (Å²) in [5.74, 6) is -0.307. The fourth-order valence-electron chi connectivity index (χ4n) is 3.43. The molecule has 2 aromatic rings. The highest BCUT2D eigenvalue weighted by atomic mass is 79.9. The van der Waals surface area contributed by atoms with Crippen molar-refractivity contribution in [3.8, 4) is 5.75 Å². The van der Waals surface area contributed by atoms with Crippen LogP contribution in [0.2, 0.25) is 5.02 Å². The smallest absolute Gasteiger partial charge is 0.407 e. The van der Waals surface area contributed by atoms with Gasteiger partial charge in [-0.25, -0.2) is 9.18 Å². The number of unbranched alkanes of at least 4 members (excludes halogenated alkanes) is 1. The zero-order chi connectivity index (χ0) is 21.0. The molecule has 0 bridgehead atoms. The van der Waals surface area contributed by atoms with E-state index in [0.717, 1.165) is 18.4 Å². The third kappa shape index (κ3) is 4.22. The second kappa shape index (κ2) is 9.32. The van der Waals surface area contributed by atoms with Gasteiger partial charge in [0.15, 0.2) is 5.60 Å². The lowest BCUT2D eigenvalue weighted by atomic mass is 9.86. The summed E-state index contributed by atoms with van der Waals surface area (Å²) >= 11 is 9.46. The van der Waals surface area contributed by atoms with Crippen molar-refractivity contribution < 1.29 is 23.4 Å².